The SMILES string of the molecule is Cc1nc(Oc2ccc(Br)cc2)cn1Cc1ccc(C#N)cc1. The van der Waals surface area contributed by atoms with Gasteiger partial charge in [-0.15, -0.1) is 0 Å². The van der Waals surface area contributed by atoms with Crippen molar-refractivity contribution >= 4 is 15.9 Å². The third-order valence-electron chi connectivity index (χ3n) is 3.43. The number of benzene rings is 2. The van der Waals surface area contributed by atoms with Crippen molar-refractivity contribution in [3.63, 3.8) is 0 Å². The number of halogens is 1. The maximum atomic E-state index is 8.84. The first-order valence-electron chi connectivity index (χ1n) is 7.10. The minimum absolute atomic E-state index is 0.568. The van der Waals surface area contributed by atoms with Crippen LogP contribution >= 0.6 is 15.9 Å². The Hall–Kier alpha value is -2.58. The number of aryl methyl sites for hydroxylation is 1. The molecule has 0 aliphatic rings. The zero-order chi connectivity index (χ0) is 16.2. The summed E-state index contributed by atoms with van der Waals surface area (Å²) in [5.41, 5.74) is 1.77. The van der Waals surface area contributed by atoms with Crippen molar-refractivity contribution in [1.29, 1.82) is 5.26 Å². The van der Waals surface area contributed by atoms with Crippen LogP contribution in [0.25, 0.3) is 0 Å². The van der Waals surface area contributed by atoms with E-state index in [9.17, 15) is 0 Å². The van der Waals surface area contributed by atoms with Gasteiger partial charge in [0.2, 0.25) is 5.88 Å². The van der Waals surface area contributed by atoms with Gasteiger partial charge in [0.05, 0.1) is 17.8 Å². The number of rotatable bonds is 4. The van der Waals surface area contributed by atoms with Crippen LogP contribution in [0.1, 0.15) is 17.0 Å². The summed E-state index contributed by atoms with van der Waals surface area (Å²) in [6.07, 6.45) is 1.88. The molecule has 3 rings (SSSR count). The number of ether oxygens (including phenoxy) is 1. The van der Waals surface area contributed by atoms with Crippen LogP contribution in [0.15, 0.2) is 59.2 Å². The van der Waals surface area contributed by atoms with E-state index in [2.05, 4.69) is 27.0 Å². The molecule has 0 atom stereocenters. The second-order valence-corrected chi connectivity index (χ2v) is 6.03. The average molecular weight is 368 g/mol. The topological polar surface area (TPSA) is 50.8 Å². The highest BCUT2D eigenvalue weighted by Gasteiger charge is 2.07. The summed E-state index contributed by atoms with van der Waals surface area (Å²) in [6, 6.07) is 17.3. The smallest absolute Gasteiger partial charge is 0.237 e. The number of nitrogens with zero attached hydrogens (tertiary/aromatic N) is 3. The number of imidazole rings is 1. The fourth-order valence-corrected chi connectivity index (χ4v) is 2.46. The van der Waals surface area contributed by atoms with Crippen LogP contribution in [-0.4, -0.2) is 9.55 Å². The Bertz CT molecular complexity index is 845. The van der Waals surface area contributed by atoms with Crippen molar-refractivity contribution in [1.82, 2.24) is 9.55 Å². The van der Waals surface area contributed by atoms with Crippen molar-refractivity contribution in [2.75, 3.05) is 0 Å². The quantitative estimate of drug-likeness (QED) is 0.673. The first kappa shape index (κ1) is 15.3. The van der Waals surface area contributed by atoms with Gasteiger partial charge in [-0.1, -0.05) is 28.1 Å². The van der Waals surface area contributed by atoms with E-state index in [-0.39, 0.29) is 0 Å². The molecule has 0 aliphatic heterocycles. The molecule has 1 heterocycles. The molecular weight excluding hydrogens is 354 g/mol. The van der Waals surface area contributed by atoms with Gasteiger partial charge in [0, 0.05) is 11.0 Å². The first-order chi connectivity index (χ1) is 11.1. The van der Waals surface area contributed by atoms with Gasteiger partial charge in [-0.25, -0.2) is 0 Å². The second kappa shape index (κ2) is 6.67. The summed E-state index contributed by atoms with van der Waals surface area (Å²) in [4.78, 5) is 4.43. The zero-order valence-corrected chi connectivity index (χ0v) is 14.1. The fourth-order valence-electron chi connectivity index (χ4n) is 2.19. The number of hydrogen-bond acceptors (Lipinski definition) is 3. The van der Waals surface area contributed by atoms with Crippen molar-refractivity contribution < 1.29 is 4.74 Å². The summed E-state index contributed by atoms with van der Waals surface area (Å²) < 4.78 is 8.80. The number of nitriles is 1. The molecule has 23 heavy (non-hydrogen) atoms. The Kier molecular flexibility index (Phi) is 4.45. The molecule has 0 saturated carbocycles. The lowest BCUT2D eigenvalue weighted by Crippen LogP contribution is -2.00. The highest BCUT2D eigenvalue weighted by molar-refractivity contribution is 9.10. The Morgan fingerprint density at radius 1 is 1.13 bits per heavy atom. The van der Waals surface area contributed by atoms with Crippen molar-refractivity contribution in [2.45, 2.75) is 13.5 Å². The van der Waals surface area contributed by atoms with Gasteiger partial charge in [-0.05, 0) is 48.9 Å². The molecule has 0 aliphatic carbocycles. The lowest BCUT2D eigenvalue weighted by Gasteiger charge is -2.04. The van der Waals surface area contributed by atoms with E-state index in [1.807, 2.05) is 66.2 Å². The van der Waals surface area contributed by atoms with Gasteiger partial charge in [-0.3, -0.25) is 0 Å². The summed E-state index contributed by atoms with van der Waals surface area (Å²) in [7, 11) is 0. The van der Waals surface area contributed by atoms with E-state index >= 15 is 0 Å². The average Bonchev–Trinajstić information content (AvgIpc) is 2.90. The van der Waals surface area contributed by atoms with E-state index in [1.165, 1.54) is 0 Å². The predicted octanol–water partition coefficient (Wildman–Crippen LogP) is 4.67. The lowest BCUT2D eigenvalue weighted by atomic mass is 10.1. The van der Waals surface area contributed by atoms with E-state index < -0.39 is 0 Å². The molecule has 0 fully saturated rings. The van der Waals surface area contributed by atoms with Gasteiger partial charge < -0.3 is 9.30 Å². The van der Waals surface area contributed by atoms with E-state index in [0.717, 1.165) is 21.6 Å². The highest BCUT2D eigenvalue weighted by atomic mass is 79.9. The molecule has 0 unspecified atom stereocenters. The van der Waals surface area contributed by atoms with Crippen molar-refractivity contribution in [3.8, 4) is 17.7 Å². The molecule has 0 radical (unpaired) electrons. The van der Waals surface area contributed by atoms with Crippen LogP contribution in [0.5, 0.6) is 11.6 Å². The third-order valence-corrected chi connectivity index (χ3v) is 3.95. The van der Waals surface area contributed by atoms with Gasteiger partial charge in [0.15, 0.2) is 0 Å². The summed E-state index contributed by atoms with van der Waals surface area (Å²) in [5.74, 6) is 2.19. The summed E-state index contributed by atoms with van der Waals surface area (Å²) in [5, 5.41) is 8.84. The minimum Gasteiger partial charge on any atom is -0.438 e. The van der Waals surface area contributed by atoms with Gasteiger partial charge in [0.25, 0.3) is 0 Å². The molecule has 0 spiro atoms. The van der Waals surface area contributed by atoms with Crippen LogP contribution < -0.4 is 4.74 Å². The third kappa shape index (κ3) is 3.79. The molecule has 0 amide bonds. The van der Waals surface area contributed by atoms with Gasteiger partial charge in [0.1, 0.15) is 11.6 Å². The normalized spacial score (nSPS) is 10.3. The largest absolute Gasteiger partial charge is 0.438 e. The molecule has 114 valence electrons. The minimum atomic E-state index is 0.568. The van der Waals surface area contributed by atoms with Gasteiger partial charge >= 0.3 is 0 Å². The number of hydrogen-bond donors (Lipinski definition) is 0. The van der Waals surface area contributed by atoms with Crippen LogP contribution in [0.4, 0.5) is 0 Å². The van der Waals surface area contributed by atoms with Crippen LogP contribution in [0.3, 0.4) is 0 Å². The van der Waals surface area contributed by atoms with E-state index in [4.69, 9.17) is 10.00 Å². The maximum absolute atomic E-state index is 8.84. The zero-order valence-electron chi connectivity index (χ0n) is 12.5. The monoisotopic (exact) mass is 367 g/mol. The molecule has 0 saturated heterocycles. The van der Waals surface area contributed by atoms with Crippen LogP contribution in [0.2, 0.25) is 0 Å². The van der Waals surface area contributed by atoms with E-state index in [1.54, 1.807) is 0 Å². The molecular formula is C18H14BrN3O. The van der Waals surface area contributed by atoms with E-state index in [0.29, 0.717) is 18.0 Å². The first-order valence-corrected chi connectivity index (χ1v) is 7.89. The fraction of sp³-hybridized carbons (Fsp3) is 0.111. The van der Waals surface area contributed by atoms with Gasteiger partial charge in [-0.2, -0.15) is 10.2 Å². The molecule has 2 aromatic carbocycles. The Labute approximate surface area is 143 Å². The predicted molar refractivity (Wildman–Crippen MR) is 91.4 cm³/mol. The second-order valence-electron chi connectivity index (χ2n) is 5.12. The molecule has 4 nitrogen and oxygen atoms in total. The Morgan fingerprint density at radius 3 is 2.48 bits per heavy atom. The standard InChI is InChI=1S/C18H14BrN3O/c1-13-21-18(23-17-8-6-16(19)7-9-17)12-22(13)11-15-4-2-14(10-20)3-5-15/h2-9,12H,11H2,1H3. The number of aromatic nitrogens is 2. The van der Waals surface area contributed by atoms with Crippen LogP contribution in [-0.2, 0) is 6.54 Å². The van der Waals surface area contributed by atoms with Crippen molar-refractivity contribution in [2.24, 2.45) is 0 Å². The van der Waals surface area contributed by atoms with Crippen LogP contribution in [0, 0.1) is 18.3 Å². The summed E-state index contributed by atoms with van der Waals surface area (Å²) in [6.45, 7) is 2.63. The maximum Gasteiger partial charge on any atom is 0.237 e. The molecule has 3 aromatic rings. The highest BCUT2D eigenvalue weighted by Crippen LogP contribution is 2.23. The molecule has 1 aromatic heterocycles. The Balaban J connectivity index is 1.75. The molecule has 5 heteroatoms. The Morgan fingerprint density at radius 2 is 1.83 bits per heavy atom. The molecule has 0 N–H and O–H groups in total. The molecule has 0 bridgehead atoms. The van der Waals surface area contributed by atoms with Crippen molar-refractivity contribution in [3.05, 3.63) is 76.2 Å². The lowest BCUT2D eigenvalue weighted by molar-refractivity contribution is 0.464. The summed E-state index contributed by atoms with van der Waals surface area (Å²) >= 11 is 3.40.